The molecule has 8 nitrogen and oxygen atoms in total. The Kier molecular flexibility index (Phi) is 5.06. The highest BCUT2D eigenvalue weighted by atomic mass is 16.5. The van der Waals surface area contributed by atoms with E-state index in [9.17, 15) is 5.26 Å². The normalized spacial score (nSPS) is 16.0. The van der Waals surface area contributed by atoms with Crippen molar-refractivity contribution in [2.45, 2.75) is 12.5 Å². The quantitative estimate of drug-likeness (QED) is 0.714. The SMILES string of the molecule is COc1cc(-c2cc(N)nc(-n3cccn3)c2C#N)cc(N2CCC(OC)C2)c1. The molecule has 1 aliphatic rings. The summed E-state index contributed by atoms with van der Waals surface area (Å²) < 4.78 is 12.6. The standard InChI is InChI=1S/C21H22N6O2/c1-28-16-4-7-26(13-16)15-8-14(9-17(10-15)29-2)18-11-20(23)25-21(19(18)12-22)27-6-3-5-24-27/h3,5-6,8-11,16H,4,7,13H2,1-2H3,(H2,23,25). The second kappa shape index (κ2) is 7.81. The Morgan fingerprint density at radius 1 is 1.24 bits per heavy atom. The molecule has 0 spiro atoms. The number of nitrogen functional groups attached to an aromatic ring is 1. The summed E-state index contributed by atoms with van der Waals surface area (Å²) in [6.45, 7) is 1.71. The van der Waals surface area contributed by atoms with Gasteiger partial charge >= 0.3 is 0 Å². The summed E-state index contributed by atoms with van der Waals surface area (Å²) in [5.41, 5.74) is 9.01. The molecular formula is C21H22N6O2. The van der Waals surface area contributed by atoms with Crippen LogP contribution < -0.4 is 15.4 Å². The van der Waals surface area contributed by atoms with Crippen molar-refractivity contribution >= 4 is 11.5 Å². The molecule has 29 heavy (non-hydrogen) atoms. The zero-order chi connectivity index (χ0) is 20.4. The van der Waals surface area contributed by atoms with E-state index in [2.05, 4.69) is 21.1 Å². The zero-order valence-electron chi connectivity index (χ0n) is 16.4. The number of pyridine rings is 1. The van der Waals surface area contributed by atoms with Crippen LogP contribution >= 0.6 is 0 Å². The van der Waals surface area contributed by atoms with Gasteiger partial charge in [-0.15, -0.1) is 0 Å². The molecule has 8 heteroatoms. The molecule has 1 aromatic carbocycles. The smallest absolute Gasteiger partial charge is 0.174 e. The average molecular weight is 390 g/mol. The first-order valence-electron chi connectivity index (χ1n) is 9.30. The van der Waals surface area contributed by atoms with Gasteiger partial charge in [0.25, 0.3) is 0 Å². The number of nitriles is 1. The van der Waals surface area contributed by atoms with Gasteiger partial charge in [-0.3, -0.25) is 0 Å². The third-order valence-corrected chi connectivity index (χ3v) is 5.13. The van der Waals surface area contributed by atoms with Gasteiger partial charge in [0, 0.05) is 49.9 Å². The first-order chi connectivity index (χ1) is 14.1. The number of nitrogens with zero attached hydrogens (tertiary/aromatic N) is 5. The molecule has 3 aromatic rings. The summed E-state index contributed by atoms with van der Waals surface area (Å²) in [6.07, 6.45) is 4.55. The second-order valence-electron chi connectivity index (χ2n) is 6.87. The fourth-order valence-electron chi connectivity index (χ4n) is 3.64. The zero-order valence-corrected chi connectivity index (χ0v) is 16.4. The number of hydrogen-bond donors (Lipinski definition) is 1. The number of rotatable bonds is 5. The lowest BCUT2D eigenvalue weighted by molar-refractivity contribution is 0.121. The van der Waals surface area contributed by atoms with Crippen LogP contribution in [0.5, 0.6) is 5.75 Å². The molecule has 0 aliphatic carbocycles. The predicted octanol–water partition coefficient (Wildman–Crippen LogP) is 2.62. The van der Waals surface area contributed by atoms with E-state index in [1.807, 2.05) is 18.2 Å². The number of nitrogens with two attached hydrogens (primary N) is 1. The molecule has 0 saturated carbocycles. The van der Waals surface area contributed by atoms with Crippen LogP contribution in [0.25, 0.3) is 16.9 Å². The minimum absolute atomic E-state index is 0.210. The minimum atomic E-state index is 0.210. The van der Waals surface area contributed by atoms with Crippen molar-refractivity contribution in [1.82, 2.24) is 14.8 Å². The summed E-state index contributed by atoms with van der Waals surface area (Å²) in [6, 6.07) is 11.7. The van der Waals surface area contributed by atoms with Crippen LogP contribution in [-0.4, -0.2) is 48.2 Å². The van der Waals surface area contributed by atoms with Crippen molar-refractivity contribution in [3.63, 3.8) is 0 Å². The first kappa shape index (κ1) is 18.8. The van der Waals surface area contributed by atoms with E-state index < -0.39 is 0 Å². The molecule has 1 aliphatic heterocycles. The topological polar surface area (TPSA) is 102 Å². The molecule has 1 fully saturated rings. The van der Waals surface area contributed by atoms with Crippen molar-refractivity contribution in [3.8, 4) is 28.8 Å². The Morgan fingerprint density at radius 2 is 2.10 bits per heavy atom. The van der Waals surface area contributed by atoms with Crippen molar-refractivity contribution in [2.24, 2.45) is 0 Å². The summed E-state index contributed by atoms with van der Waals surface area (Å²) in [5.74, 6) is 1.42. The van der Waals surface area contributed by atoms with Gasteiger partial charge in [-0.1, -0.05) is 0 Å². The fraction of sp³-hybridized carbons (Fsp3) is 0.286. The van der Waals surface area contributed by atoms with Crippen molar-refractivity contribution < 1.29 is 9.47 Å². The first-order valence-corrected chi connectivity index (χ1v) is 9.30. The number of aromatic nitrogens is 3. The second-order valence-corrected chi connectivity index (χ2v) is 6.87. The number of ether oxygens (including phenoxy) is 2. The molecule has 1 unspecified atom stereocenters. The molecular weight excluding hydrogens is 368 g/mol. The number of methoxy groups -OCH3 is 2. The number of anilines is 2. The highest BCUT2D eigenvalue weighted by molar-refractivity contribution is 5.79. The summed E-state index contributed by atoms with van der Waals surface area (Å²) in [7, 11) is 3.37. The van der Waals surface area contributed by atoms with Crippen molar-refractivity contribution in [3.05, 3.63) is 48.3 Å². The third-order valence-electron chi connectivity index (χ3n) is 5.13. The van der Waals surface area contributed by atoms with Gasteiger partial charge in [-0.25, -0.2) is 9.67 Å². The maximum Gasteiger partial charge on any atom is 0.174 e. The summed E-state index contributed by atoms with van der Waals surface area (Å²) in [5, 5.41) is 14.1. The number of hydrogen-bond acceptors (Lipinski definition) is 7. The monoisotopic (exact) mass is 390 g/mol. The highest BCUT2D eigenvalue weighted by Crippen LogP contribution is 2.35. The lowest BCUT2D eigenvalue weighted by Gasteiger charge is -2.21. The molecule has 0 radical (unpaired) electrons. The largest absolute Gasteiger partial charge is 0.497 e. The van der Waals surface area contributed by atoms with Crippen LogP contribution in [0.1, 0.15) is 12.0 Å². The maximum atomic E-state index is 9.89. The van der Waals surface area contributed by atoms with Gasteiger partial charge in [-0.2, -0.15) is 10.4 Å². The molecule has 148 valence electrons. The molecule has 0 bridgehead atoms. The fourth-order valence-corrected chi connectivity index (χ4v) is 3.64. The highest BCUT2D eigenvalue weighted by Gasteiger charge is 2.24. The van der Waals surface area contributed by atoms with Gasteiger partial charge in [0.15, 0.2) is 5.82 Å². The van der Waals surface area contributed by atoms with Gasteiger partial charge in [0.2, 0.25) is 0 Å². The van der Waals surface area contributed by atoms with Crippen LogP contribution in [0, 0.1) is 11.3 Å². The van der Waals surface area contributed by atoms with Crippen molar-refractivity contribution in [1.29, 1.82) is 5.26 Å². The Morgan fingerprint density at radius 3 is 2.76 bits per heavy atom. The van der Waals surface area contributed by atoms with Gasteiger partial charge in [0.1, 0.15) is 23.2 Å². The Labute approximate surface area is 169 Å². The number of benzene rings is 1. The molecule has 2 N–H and O–H groups in total. The molecule has 4 rings (SSSR count). The van der Waals surface area contributed by atoms with E-state index in [-0.39, 0.29) is 6.10 Å². The van der Waals surface area contributed by atoms with Crippen LogP contribution in [-0.2, 0) is 4.74 Å². The van der Waals surface area contributed by atoms with E-state index in [1.54, 1.807) is 43.4 Å². The van der Waals surface area contributed by atoms with E-state index in [0.717, 1.165) is 30.8 Å². The molecule has 2 aromatic heterocycles. The van der Waals surface area contributed by atoms with Gasteiger partial charge < -0.3 is 20.1 Å². The predicted molar refractivity (Wildman–Crippen MR) is 110 cm³/mol. The third kappa shape index (κ3) is 3.60. The maximum absolute atomic E-state index is 9.89. The molecule has 3 heterocycles. The van der Waals surface area contributed by atoms with E-state index in [0.29, 0.717) is 28.5 Å². The van der Waals surface area contributed by atoms with Crippen LogP contribution in [0.3, 0.4) is 0 Å². The van der Waals surface area contributed by atoms with E-state index >= 15 is 0 Å². The van der Waals surface area contributed by atoms with Crippen LogP contribution in [0.4, 0.5) is 11.5 Å². The van der Waals surface area contributed by atoms with E-state index in [1.165, 1.54) is 0 Å². The van der Waals surface area contributed by atoms with Gasteiger partial charge in [-0.05, 0) is 36.2 Å². The Hall–Kier alpha value is -3.57. The lowest BCUT2D eigenvalue weighted by Crippen LogP contribution is -2.22. The summed E-state index contributed by atoms with van der Waals surface area (Å²) in [4.78, 5) is 6.59. The minimum Gasteiger partial charge on any atom is -0.497 e. The van der Waals surface area contributed by atoms with E-state index in [4.69, 9.17) is 15.2 Å². The molecule has 0 amide bonds. The Balaban J connectivity index is 1.85. The molecule has 1 saturated heterocycles. The van der Waals surface area contributed by atoms with Gasteiger partial charge in [0.05, 0.1) is 13.2 Å². The molecule has 1 atom stereocenters. The lowest BCUT2D eigenvalue weighted by atomic mass is 10.00. The van der Waals surface area contributed by atoms with Crippen molar-refractivity contribution in [2.75, 3.05) is 37.9 Å². The van der Waals surface area contributed by atoms with Crippen LogP contribution in [0.2, 0.25) is 0 Å². The average Bonchev–Trinajstić information content (AvgIpc) is 3.44. The summed E-state index contributed by atoms with van der Waals surface area (Å²) >= 11 is 0. The Bertz CT molecular complexity index is 1060. The van der Waals surface area contributed by atoms with Crippen LogP contribution in [0.15, 0.2) is 42.7 Å².